The summed E-state index contributed by atoms with van der Waals surface area (Å²) in [6.45, 7) is 2.05. The van der Waals surface area contributed by atoms with Gasteiger partial charge in [0.05, 0.1) is 28.5 Å². The number of rotatable bonds is 7. The SMILES string of the molecule is Cc1nc(-c2ccccc2)nc(-c2cccc([N+](=O)[O-])c2)c1NC(=O)CNC12CC3CC(CC(C3)C1)C2. The summed E-state index contributed by atoms with van der Waals surface area (Å²) in [4.78, 5) is 33.7. The summed E-state index contributed by atoms with van der Waals surface area (Å²) in [7, 11) is 0. The molecule has 0 radical (unpaired) electrons. The number of nitro benzene ring substituents is 1. The minimum absolute atomic E-state index is 0.0317. The molecule has 8 heteroatoms. The zero-order chi connectivity index (χ0) is 25.6. The van der Waals surface area contributed by atoms with E-state index in [1.807, 2.05) is 37.3 Å². The lowest BCUT2D eigenvalue weighted by atomic mass is 9.53. The summed E-state index contributed by atoms with van der Waals surface area (Å²) in [5, 5.41) is 18.1. The lowest BCUT2D eigenvalue weighted by Gasteiger charge is -2.57. The van der Waals surface area contributed by atoms with Gasteiger partial charge in [-0.05, 0) is 63.2 Å². The summed E-state index contributed by atoms with van der Waals surface area (Å²) in [5.74, 6) is 2.74. The quantitative estimate of drug-likeness (QED) is 0.328. The van der Waals surface area contributed by atoms with Gasteiger partial charge in [0.15, 0.2) is 5.82 Å². The Morgan fingerprint density at radius 1 is 0.973 bits per heavy atom. The number of aromatic nitrogens is 2. The first-order valence-electron chi connectivity index (χ1n) is 13.1. The van der Waals surface area contributed by atoms with Crippen molar-refractivity contribution in [1.82, 2.24) is 15.3 Å². The van der Waals surface area contributed by atoms with Crippen molar-refractivity contribution >= 4 is 17.3 Å². The number of non-ortho nitro benzene ring substituents is 1. The number of aryl methyl sites for hydroxylation is 1. The van der Waals surface area contributed by atoms with E-state index in [1.54, 1.807) is 12.1 Å². The van der Waals surface area contributed by atoms with E-state index in [9.17, 15) is 14.9 Å². The van der Waals surface area contributed by atoms with E-state index in [-0.39, 0.29) is 23.7 Å². The van der Waals surface area contributed by atoms with Crippen LogP contribution in [-0.4, -0.2) is 32.9 Å². The lowest BCUT2D eigenvalue weighted by molar-refractivity contribution is -0.384. The Balaban J connectivity index is 1.29. The van der Waals surface area contributed by atoms with Crippen LogP contribution in [0.3, 0.4) is 0 Å². The Morgan fingerprint density at radius 2 is 1.62 bits per heavy atom. The molecule has 7 rings (SSSR count). The van der Waals surface area contributed by atoms with Gasteiger partial charge in [0.25, 0.3) is 5.69 Å². The first-order chi connectivity index (χ1) is 17.9. The van der Waals surface area contributed by atoms with Gasteiger partial charge in [-0.15, -0.1) is 0 Å². The van der Waals surface area contributed by atoms with Crippen molar-refractivity contribution < 1.29 is 9.72 Å². The maximum atomic E-state index is 13.2. The van der Waals surface area contributed by atoms with Crippen molar-refractivity contribution in [2.75, 3.05) is 11.9 Å². The highest BCUT2D eigenvalue weighted by atomic mass is 16.6. The number of carbonyl (C=O) groups is 1. The predicted octanol–water partition coefficient (Wildman–Crippen LogP) is 5.52. The smallest absolute Gasteiger partial charge is 0.270 e. The second-order valence-electron chi connectivity index (χ2n) is 11.1. The Morgan fingerprint density at radius 3 is 2.27 bits per heavy atom. The predicted molar refractivity (Wildman–Crippen MR) is 142 cm³/mol. The minimum Gasteiger partial charge on any atom is -0.322 e. The number of carbonyl (C=O) groups excluding carboxylic acids is 1. The zero-order valence-electron chi connectivity index (χ0n) is 20.9. The third-order valence-corrected chi connectivity index (χ3v) is 8.38. The van der Waals surface area contributed by atoms with Crippen molar-refractivity contribution in [1.29, 1.82) is 0 Å². The number of hydrogen-bond donors (Lipinski definition) is 2. The largest absolute Gasteiger partial charge is 0.322 e. The maximum absolute atomic E-state index is 13.2. The van der Waals surface area contributed by atoms with Crippen LogP contribution in [0.4, 0.5) is 11.4 Å². The van der Waals surface area contributed by atoms with Gasteiger partial charge in [-0.2, -0.15) is 0 Å². The highest BCUT2D eigenvalue weighted by Gasteiger charge is 2.50. The van der Waals surface area contributed by atoms with Gasteiger partial charge in [-0.1, -0.05) is 42.5 Å². The second kappa shape index (κ2) is 9.34. The standard InChI is InChI=1S/C29H31N5O3/c1-18-26(32-25(35)17-30-29-14-19-10-20(15-29)12-21(11-19)16-29)27(23-8-5-9-24(13-23)34(36)37)33-28(31-18)22-6-3-2-4-7-22/h2-9,13,19-21,30H,10-12,14-17H2,1H3,(H,32,35). The van der Waals surface area contributed by atoms with E-state index >= 15 is 0 Å². The third kappa shape index (κ3) is 4.73. The highest BCUT2D eigenvalue weighted by molar-refractivity contribution is 5.97. The third-order valence-electron chi connectivity index (χ3n) is 8.38. The first kappa shape index (κ1) is 23.7. The van der Waals surface area contributed by atoms with Crippen molar-refractivity contribution in [2.45, 2.75) is 51.0 Å². The van der Waals surface area contributed by atoms with Crippen molar-refractivity contribution in [2.24, 2.45) is 17.8 Å². The summed E-state index contributed by atoms with van der Waals surface area (Å²) < 4.78 is 0. The van der Waals surface area contributed by atoms with Gasteiger partial charge in [-0.3, -0.25) is 14.9 Å². The van der Waals surface area contributed by atoms with E-state index in [4.69, 9.17) is 4.98 Å². The van der Waals surface area contributed by atoms with E-state index in [0.717, 1.165) is 23.3 Å². The van der Waals surface area contributed by atoms with Crippen LogP contribution in [-0.2, 0) is 4.79 Å². The van der Waals surface area contributed by atoms with Crippen molar-refractivity contribution in [3.63, 3.8) is 0 Å². The number of anilines is 1. The number of benzene rings is 2. The molecular weight excluding hydrogens is 466 g/mol. The molecule has 3 aromatic rings. The Hall–Kier alpha value is -3.65. The average Bonchev–Trinajstić information content (AvgIpc) is 2.88. The summed E-state index contributed by atoms with van der Waals surface area (Å²) >= 11 is 0. The van der Waals surface area contributed by atoms with E-state index in [0.29, 0.717) is 28.5 Å². The van der Waals surface area contributed by atoms with Crippen LogP contribution in [0.5, 0.6) is 0 Å². The van der Waals surface area contributed by atoms with Crippen LogP contribution in [0, 0.1) is 34.8 Å². The topological polar surface area (TPSA) is 110 Å². The molecule has 4 bridgehead atoms. The molecule has 0 aliphatic heterocycles. The van der Waals surface area contributed by atoms with E-state index in [2.05, 4.69) is 15.6 Å². The molecule has 0 atom stereocenters. The van der Waals surface area contributed by atoms with Crippen LogP contribution >= 0.6 is 0 Å². The Kier molecular flexibility index (Phi) is 5.99. The van der Waals surface area contributed by atoms with E-state index in [1.165, 1.54) is 50.7 Å². The highest BCUT2D eigenvalue weighted by Crippen LogP contribution is 2.55. The number of nitrogens with one attached hydrogen (secondary N) is 2. The van der Waals surface area contributed by atoms with Gasteiger partial charge in [0.1, 0.15) is 0 Å². The van der Waals surface area contributed by atoms with Gasteiger partial charge in [0.2, 0.25) is 5.91 Å². The molecule has 2 N–H and O–H groups in total. The molecule has 1 aromatic heterocycles. The zero-order valence-corrected chi connectivity index (χ0v) is 20.9. The number of amides is 1. The maximum Gasteiger partial charge on any atom is 0.270 e. The van der Waals surface area contributed by atoms with Crippen LogP contribution in [0.2, 0.25) is 0 Å². The molecule has 0 saturated heterocycles. The number of hydrogen-bond acceptors (Lipinski definition) is 6. The lowest BCUT2D eigenvalue weighted by Crippen LogP contribution is -2.59. The van der Waals surface area contributed by atoms with Crippen LogP contribution in [0.25, 0.3) is 22.6 Å². The molecule has 190 valence electrons. The second-order valence-corrected chi connectivity index (χ2v) is 11.1. The fraction of sp³-hybridized carbons (Fsp3) is 0.414. The van der Waals surface area contributed by atoms with Crippen LogP contribution in [0.15, 0.2) is 54.6 Å². The molecule has 1 amide bonds. The summed E-state index contributed by atoms with van der Waals surface area (Å²) in [6, 6.07) is 15.9. The number of nitro groups is 1. The van der Waals surface area contributed by atoms with Gasteiger partial charge < -0.3 is 10.6 Å². The summed E-state index contributed by atoms with van der Waals surface area (Å²) in [5.41, 5.74) is 3.00. The van der Waals surface area contributed by atoms with Crippen molar-refractivity contribution in [3.8, 4) is 22.6 Å². The fourth-order valence-corrected chi connectivity index (χ4v) is 7.19. The Bertz CT molecular complexity index is 1320. The van der Waals surface area contributed by atoms with Crippen LogP contribution < -0.4 is 10.6 Å². The molecule has 4 aliphatic carbocycles. The molecule has 4 aliphatic rings. The molecule has 0 unspecified atom stereocenters. The van der Waals surface area contributed by atoms with Gasteiger partial charge in [-0.25, -0.2) is 9.97 Å². The molecule has 4 saturated carbocycles. The minimum atomic E-state index is -0.427. The molecule has 1 heterocycles. The molecule has 2 aromatic carbocycles. The van der Waals surface area contributed by atoms with Crippen molar-refractivity contribution in [3.05, 3.63) is 70.4 Å². The van der Waals surface area contributed by atoms with E-state index < -0.39 is 4.92 Å². The molecule has 4 fully saturated rings. The molecule has 0 spiro atoms. The normalized spacial score (nSPS) is 25.7. The van der Waals surface area contributed by atoms with Crippen LogP contribution in [0.1, 0.15) is 44.2 Å². The van der Waals surface area contributed by atoms with Gasteiger partial charge >= 0.3 is 0 Å². The monoisotopic (exact) mass is 497 g/mol. The fourth-order valence-electron chi connectivity index (χ4n) is 7.19. The number of nitrogens with zero attached hydrogens (tertiary/aromatic N) is 3. The molecule has 37 heavy (non-hydrogen) atoms. The molecule has 8 nitrogen and oxygen atoms in total. The summed E-state index contributed by atoms with van der Waals surface area (Å²) in [6.07, 6.45) is 7.55. The van der Waals surface area contributed by atoms with Gasteiger partial charge in [0, 0.05) is 28.8 Å². The molecular formula is C29H31N5O3. The Labute approximate surface area is 216 Å². The first-order valence-corrected chi connectivity index (χ1v) is 13.1. The average molecular weight is 498 g/mol.